The first-order chi connectivity index (χ1) is 26.9. The van der Waals surface area contributed by atoms with Crippen LogP contribution in [0.5, 0.6) is 0 Å². The number of rotatable bonds is 33. The van der Waals surface area contributed by atoms with Crippen molar-refractivity contribution >= 4 is 0 Å². The number of ether oxygens (including phenoxy) is 2. The van der Waals surface area contributed by atoms with Crippen molar-refractivity contribution in [2.75, 3.05) is 13.2 Å². The van der Waals surface area contributed by atoms with Crippen molar-refractivity contribution < 1.29 is 44.5 Å². The molecule has 4 fully saturated rings. The molecule has 4 rings (SSSR count). The first-order valence-corrected chi connectivity index (χ1v) is 23.6. The number of halogens is 1. The summed E-state index contributed by atoms with van der Waals surface area (Å²) < 4.78 is 27.1. The molecule has 0 aromatic rings. The van der Waals surface area contributed by atoms with Gasteiger partial charge in [0.2, 0.25) is 0 Å². The molecule has 0 radical (unpaired) electrons. The highest BCUT2D eigenvalue weighted by Gasteiger charge is 2.45. The van der Waals surface area contributed by atoms with Gasteiger partial charge >= 0.3 is 0 Å². The van der Waals surface area contributed by atoms with Gasteiger partial charge in [-0.3, -0.25) is 0 Å². The van der Waals surface area contributed by atoms with E-state index in [1.54, 1.807) is 0 Å². The molecule has 4 aliphatic rings. The van der Waals surface area contributed by atoms with Crippen LogP contribution in [0, 0.1) is 11.3 Å². The second kappa shape index (κ2) is 27.4. The third-order valence-corrected chi connectivity index (χ3v) is 13.9. The highest BCUT2D eigenvalue weighted by atomic mass is 19.1. The van der Waals surface area contributed by atoms with Crippen LogP contribution in [0.4, 0.5) is 4.39 Å². The van der Waals surface area contributed by atoms with Crippen LogP contribution in [0.2, 0.25) is 0 Å². The number of aliphatic hydroxyl groups is 6. The standard InChI is InChI=1S/C46H88FNO8/c1-4-5-6-7-8-9-10-11-12-15-18-21-24-37(50)40(51)36(34-55-44-43(54)42(53)41(52)38(33-49)56-44)48-39(45(2,3)47)25-22-19-16-13-14-17-20-23-29-46-30-26-35(27-31-46)28-32-46/h35-44,48-54H,4-34H2,1-3H3/t35?,36-,37+,38?,39-,40-,41?,42?,43?,44?,46?/m0/s1. The van der Waals surface area contributed by atoms with Gasteiger partial charge in [-0.05, 0) is 83.0 Å². The summed E-state index contributed by atoms with van der Waals surface area (Å²) in [4.78, 5) is 0. The zero-order valence-electron chi connectivity index (χ0n) is 36.1. The molecule has 1 aliphatic heterocycles. The average Bonchev–Trinajstić information content (AvgIpc) is 3.19. The van der Waals surface area contributed by atoms with Crippen molar-refractivity contribution in [3.8, 4) is 0 Å². The smallest absolute Gasteiger partial charge is 0.186 e. The number of hydrogen-bond acceptors (Lipinski definition) is 9. The molecule has 0 amide bonds. The zero-order chi connectivity index (χ0) is 40.8. The predicted molar refractivity (Wildman–Crippen MR) is 223 cm³/mol. The van der Waals surface area contributed by atoms with E-state index >= 15 is 4.39 Å². The third kappa shape index (κ3) is 18.0. The Kier molecular flexibility index (Phi) is 24.4. The highest BCUT2D eigenvalue weighted by molar-refractivity contribution is 4.94. The molecule has 3 aliphatic carbocycles. The van der Waals surface area contributed by atoms with Crippen molar-refractivity contribution in [3.63, 3.8) is 0 Å². The molecule has 5 unspecified atom stereocenters. The fourth-order valence-corrected chi connectivity index (χ4v) is 9.79. The van der Waals surface area contributed by atoms with E-state index in [-0.39, 0.29) is 6.61 Å². The van der Waals surface area contributed by atoms with E-state index in [1.807, 2.05) is 0 Å². The Hall–Kier alpha value is -0.430. The SMILES string of the molecule is CCCCCCCCCCCCCC[C@@H](O)[C@@H](O)[C@H](COC1OC(CO)C(O)C(O)C1O)N[C@@H](CCCCCCCCCCC12CCC(CC1)CC2)C(C)(C)F. The first-order valence-electron chi connectivity index (χ1n) is 23.6. The number of alkyl halides is 1. The van der Waals surface area contributed by atoms with Crippen molar-refractivity contribution in [1.82, 2.24) is 5.32 Å². The van der Waals surface area contributed by atoms with Gasteiger partial charge in [-0.25, -0.2) is 4.39 Å². The maximum atomic E-state index is 15.7. The lowest BCUT2D eigenvalue weighted by Gasteiger charge is -2.47. The second-order valence-corrected chi connectivity index (χ2v) is 19.0. The van der Waals surface area contributed by atoms with Crippen LogP contribution in [-0.2, 0) is 9.47 Å². The molecule has 9 atom stereocenters. The van der Waals surface area contributed by atoms with Crippen molar-refractivity contribution in [3.05, 3.63) is 0 Å². The fourth-order valence-electron chi connectivity index (χ4n) is 9.79. The molecule has 1 heterocycles. The normalized spacial score (nSPS) is 29.0. The van der Waals surface area contributed by atoms with Gasteiger partial charge in [0, 0.05) is 6.04 Å². The molecule has 0 aromatic heterocycles. The Morgan fingerprint density at radius 2 is 1.18 bits per heavy atom. The molecular weight excluding hydrogens is 714 g/mol. The summed E-state index contributed by atoms with van der Waals surface area (Å²) in [6, 6.07) is -1.54. The summed E-state index contributed by atoms with van der Waals surface area (Å²) in [6.45, 7) is 4.44. The topological polar surface area (TPSA) is 152 Å². The Labute approximate surface area is 341 Å². The van der Waals surface area contributed by atoms with Crippen LogP contribution in [0.1, 0.15) is 207 Å². The lowest BCUT2D eigenvalue weighted by Crippen LogP contribution is -2.61. The summed E-state index contributed by atoms with van der Waals surface area (Å²) in [5.41, 5.74) is -0.951. The molecule has 10 heteroatoms. The third-order valence-electron chi connectivity index (χ3n) is 13.9. The minimum atomic E-state index is -1.63. The van der Waals surface area contributed by atoms with Gasteiger partial charge < -0.3 is 45.4 Å². The van der Waals surface area contributed by atoms with Gasteiger partial charge in [-0.15, -0.1) is 0 Å². The summed E-state index contributed by atoms with van der Waals surface area (Å²) >= 11 is 0. The van der Waals surface area contributed by atoms with E-state index < -0.39 is 67.3 Å². The van der Waals surface area contributed by atoms with E-state index in [4.69, 9.17) is 9.47 Å². The summed E-state index contributed by atoms with van der Waals surface area (Å²) in [5, 5.41) is 66.5. The van der Waals surface area contributed by atoms with Gasteiger partial charge in [0.05, 0.1) is 31.5 Å². The Balaban J connectivity index is 1.43. The molecular formula is C46H88FNO8. The Bertz CT molecular complexity index is 962. The zero-order valence-corrected chi connectivity index (χ0v) is 36.1. The number of aliphatic hydroxyl groups excluding tert-OH is 6. The van der Waals surface area contributed by atoms with Gasteiger partial charge in [0.15, 0.2) is 6.29 Å². The number of nitrogens with one attached hydrogen (secondary N) is 1. The largest absolute Gasteiger partial charge is 0.394 e. The van der Waals surface area contributed by atoms with Crippen LogP contribution in [0.3, 0.4) is 0 Å². The predicted octanol–water partition coefficient (Wildman–Crippen LogP) is 8.56. The van der Waals surface area contributed by atoms with Gasteiger partial charge in [-0.2, -0.15) is 0 Å². The number of unbranched alkanes of at least 4 members (excludes halogenated alkanes) is 18. The molecule has 56 heavy (non-hydrogen) atoms. The van der Waals surface area contributed by atoms with Crippen LogP contribution in [0.15, 0.2) is 0 Å². The van der Waals surface area contributed by atoms with Crippen molar-refractivity contribution in [1.29, 1.82) is 0 Å². The second-order valence-electron chi connectivity index (χ2n) is 19.0. The van der Waals surface area contributed by atoms with Gasteiger partial charge in [0.25, 0.3) is 0 Å². The van der Waals surface area contributed by atoms with Gasteiger partial charge in [0.1, 0.15) is 30.1 Å². The summed E-state index contributed by atoms with van der Waals surface area (Å²) in [5.74, 6) is 1.03. The maximum Gasteiger partial charge on any atom is 0.186 e. The van der Waals surface area contributed by atoms with Crippen molar-refractivity contribution in [2.24, 2.45) is 11.3 Å². The van der Waals surface area contributed by atoms with Crippen molar-refractivity contribution in [2.45, 2.75) is 268 Å². The monoisotopic (exact) mass is 802 g/mol. The Morgan fingerprint density at radius 3 is 1.68 bits per heavy atom. The van der Waals surface area contributed by atoms with Crippen LogP contribution in [-0.4, -0.2) is 105 Å². The molecule has 332 valence electrons. The van der Waals surface area contributed by atoms with Crippen LogP contribution >= 0.6 is 0 Å². The number of hydrogen-bond donors (Lipinski definition) is 7. The number of fused-ring (bicyclic) bond motifs is 3. The van der Waals surface area contributed by atoms with E-state index in [9.17, 15) is 30.6 Å². The molecule has 0 spiro atoms. The van der Waals surface area contributed by atoms with E-state index in [2.05, 4.69) is 12.2 Å². The quantitative estimate of drug-likeness (QED) is 0.0324. The van der Waals surface area contributed by atoms with E-state index in [0.29, 0.717) is 18.3 Å². The van der Waals surface area contributed by atoms with Crippen LogP contribution in [0.25, 0.3) is 0 Å². The first kappa shape index (κ1) is 49.9. The van der Waals surface area contributed by atoms with Gasteiger partial charge in [-0.1, -0.05) is 135 Å². The highest BCUT2D eigenvalue weighted by Crippen LogP contribution is 2.52. The minimum Gasteiger partial charge on any atom is -0.394 e. The molecule has 3 saturated carbocycles. The maximum absolute atomic E-state index is 15.7. The molecule has 1 saturated heterocycles. The lowest BCUT2D eigenvalue weighted by molar-refractivity contribution is -0.303. The molecule has 7 N–H and O–H groups in total. The molecule has 0 aromatic carbocycles. The van der Waals surface area contributed by atoms with Crippen LogP contribution < -0.4 is 5.32 Å². The molecule has 2 bridgehead atoms. The minimum absolute atomic E-state index is 0.256. The van der Waals surface area contributed by atoms with E-state index in [1.165, 1.54) is 149 Å². The lowest BCUT2D eigenvalue weighted by atomic mass is 9.59. The summed E-state index contributed by atoms with van der Waals surface area (Å²) in [6.07, 6.45) is 25.2. The average molecular weight is 802 g/mol. The van der Waals surface area contributed by atoms with E-state index in [0.717, 1.165) is 44.4 Å². The fraction of sp³-hybridized carbons (Fsp3) is 1.00. The Morgan fingerprint density at radius 1 is 0.696 bits per heavy atom. The molecule has 9 nitrogen and oxygen atoms in total. The summed E-state index contributed by atoms with van der Waals surface area (Å²) in [7, 11) is 0.